The van der Waals surface area contributed by atoms with Crippen molar-refractivity contribution in [1.29, 1.82) is 0 Å². The first kappa shape index (κ1) is 22.1. The fraction of sp³-hybridized carbons (Fsp3) is 0.333. The molecule has 0 nitrogen and oxygen atoms in total. The van der Waals surface area contributed by atoms with Crippen molar-refractivity contribution in [3.8, 4) is 11.1 Å². The molecule has 5 rings (SSSR count). The number of halogens is 1. The Bertz CT molecular complexity index is 1260. The maximum atomic E-state index is 4.69. The Morgan fingerprint density at radius 2 is 0.938 bits per heavy atom. The van der Waals surface area contributed by atoms with Crippen LogP contribution in [-0.2, 0) is 12.3 Å². The zero-order chi connectivity index (χ0) is 23.0. The molecule has 1 aliphatic heterocycles. The van der Waals surface area contributed by atoms with Crippen molar-refractivity contribution >= 4 is 42.3 Å². The molecule has 0 bridgehead atoms. The van der Waals surface area contributed by atoms with Crippen molar-refractivity contribution in [1.82, 2.24) is 0 Å². The third-order valence-electron chi connectivity index (χ3n) is 8.36. The summed E-state index contributed by atoms with van der Waals surface area (Å²) in [5.74, 6) is 0. The van der Waals surface area contributed by atoms with Crippen LogP contribution in [0.1, 0.15) is 52.7 Å². The first-order valence-electron chi connectivity index (χ1n) is 11.7. The molecule has 0 radical (unpaired) electrons. The van der Waals surface area contributed by atoms with Crippen molar-refractivity contribution in [3.63, 3.8) is 0 Å². The summed E-state index contributed by atoms with van der Waals surface area (Å²) >= 11 is 4.69. The van der Waals surface area contributed by atoms with E-state index >= 15 is 0 Å². The minimum absolute atomic E-state index is 0.153. The summed E-state index contributed by atoms with van der Waals surface area (Å²) in [5.41, 5.74) is 5.90. The van der Waals surface area contributed by atoms with Gasteiger partial charge in [-0.3, -0.25) is 0 Å². The summed E-state index contributed by atoms with van der Waals surface area (Å²) < 4.78 is 0. The van der Waals surface area contributed by atoms with Gasteiger partial charge in [0, 0.05) is 0 Å². The van der Waals surface area contributed by atoms with Gasteiger partial charge in [0.2, 0.25) is 0 Å². The van der Waals surface area contributed by atoms with E-state index in [1.807, 2.05) is 0 Å². The summed E-state index contributed by atoms with van der Waals surface area (Å²) in [5, 5.41) is 3.20. The Hall–Kier alpha value is -1.69. The number of benzene rings is 4. The second-order valence-corrected chi connectivity index (χ2v) is 22.9. The van der Waals surface area contributed by atoms with Crippen LogP contribution >= 0.6 is 20.8 Å². The van der Waals surface area contributed by atoms with Crippen LogP contribution in [0.4, 0.5) is 0 Å². The molecule has 0 saturated carbocycles. The van der Waals surface area contributed by atoms with Gasteiger partial charge in [0.25, 0.3) is 0 Å². The molecule has 166 valence electrons. The molecule has 1 heterocycles. The van der Waals surface area contributed by atoms with Crippen molar-refractivity contribution in [2.75, 3.05) is 0 Å². The van der Waals surface area contributed by atoms with Crippen molar-refractivity contribution < 1.29 is 0 Å². The average molecular weight is 505 g/mol. The van der Waals surface area contributed by atoms with Gasteiger partial charge in [-0.15, -0.1) is 0 Å². The quantitative estimate of drug-likeness (QED) is 0.209. The SMILES string of the molecule is CC(C)(C)P1(Br)(C(C)(C)C)Cc2ccc3ccccc3c2-c2c(ccc3ccccc23)C1. The molecule has 0 unspecified atom stereocenters. The summed E-state index contributed by atoms with van der Waals surface area (Å²) in [6, 6.07) is 27.4. The minimum atomic E-state index is -2.52. The average Bonchev–Trinajstić information content (AvgIpc) is 2.86. The van der Waals surface area contributed by atoms with Crippen LogP contribution in [0.15, 0.2) is 72.8 Å². The Morgan fingerprint density at radius 1 is 0.562 bits per heavy atom. The van der Waals surface area contributed by atoms with E-state index in [2.05, 4.69) is 114 Å². The third kappa shape index (κ3) is 2.83. The monoisotopic (exact) mass is 504 g/mol. The number of rotatable bonds is 0. The van der Waals surface area contributed by atoms with Gasteiger partial charge in [0.1, 0.15) is 0 Å². The van der Waals surface area contributed by atoms with Crippen molar-refractivity contribution in [3.05, 3.63) is 83.9 Å². The zero-order valence-corrected chi connectivity index (χ0v) is 22.6. The Kier molecular flexibility index (Phi) is 4.78. The van der Waals surface area contributed by atoms with E-state index < -0.39 is 5.31 Å². The Morgan fingerprint density at radius 3 is 1.31 bits per heavy atom. The van der Waals surface area contributed by atoms with E-state index in [0.717, 1.165) is 12.3 Å². The predicted octanol–water partition coefficient (Wildman–Crippen LogP) is 10.1. The Balaban J connectivity index is 2.02. The molecule has 0 fully saturated rings. The van der Waals surface area contributed by atoms with Crippen molar-refractivity contribution in [2.45, 2.75) is 64.2 Å². The van der Waals surface area contributed by atoms with E-state index in [4.69, 9.17) is 15.5 Å². The molecule has 32 heavy (non-hydrogen) atoms. The topological polar surface area (TPSA) is 0 Å². The normalized spacial score (nSPS) is 18.9. The molecule has 0 N–H and O–H groups in total. The van der Waals surface area contributed by atoms with E-state index in [1.54, 1.807) is 0 Å². The molecule has 2 heteroatoms. The zero-order valence-electron chi connectivity index (χ0n) is 20.2. The molecule has 0 amide bonds. The van der Waals surface area contributed by atoms with Gasteiger partial charge < -0.3 is 0 Å². The molecule has 0 spiro atoms. The molecular formula is C30H34BrP. The van der Waals surface area contributed by atoms with Crippen molar-refractivity contribution in [2.24, 2.45) is 0 Å². The predicted molar refractivity (Wildman–Crippen MR) is 150 cm³/mol. The van der Waals surface area contributed by atoms with Gasteiger partial charge in [-0.1, -0.05) is 0 Å². The Labute approximate surface area is 201 Å². The van der Waals surface area contributed by atoms with Crippen LogP contribution in [0.5, 0.6) is 0 Å². The van der Waals surface area contributed by atoms with E-state index in [0.29, 0.717) is 0 Å². The van der Waals surface area contributed by atoms with Crippen LogP contribution < -0.4 is 0 Å². The number of hydrogen-bond donors (Lipinski definition) is 0. The number of hydrogen-bond acceptors (Lipinski definition) is 0. The molecule has 0 atom stereocenters. The van der Waals surface area contributed by atoms with Crippen LogP contribution in [0.2, 0.25) is 0 Å². The summed E-state index contributed by atoms with van der Waals surface area (Å²) in [6.07, 6.45) is 2.23. The molecule has 0 aromatic heterocycles. The van der Waals surface area contributed by atoms with Crippen LogP contribution in [0, 0.1) is 0 Å². The van der Waals surface area contributed by atoms with E-state index in [1.165, 1.54) is 43.8 Å². The van der Waals surface area contributed by atoms with Gasteiger partial charge in [-0.25, -0.2) is 0 Å². The van der Waals surface area contributed by atoms with E-state index in [-0.39, 0.29) is 10.3 Å². The molecule has 0 aliphatic carbocycles. The van der Waals surface area contributed by atoms with Crippen LogP contribution in [0.25, 0.3) is 32.7 Å². The van der Waals surface area contributed by atoms with Gasteiger partial charge >= 0.3 is 202 Å². The third-order valence-corrected chi connectivity index (χ3v) is 24.4. The summed E-state index contributed by atoms with van der Waals surface area (Å²) in [7, 11) is 0. The van der Waals surface area contributed by atoms with E-state index in [9.17, 15) is 0 Å². The first-order chi connectivity index (χ1) is 14.9. The fourth-order valence-electron chi connectivity index (χ4n) is 6.21. The van der Waals surface area contributed by atoms with Gasteiger partial charge in [-0.2, -0.15) is 0 Å². The summed E-state index contributed by atoms with van der Waals surface area (Å²) in [6.45, 7) is 14.8. The fourth-order valence-corrected chi connectivity index (χ4v) is 13.8. The maximum absolute atomic E-state index is 4.69. The van der Waals surface area contributed by atoms with Gasteiger partial charge in [0.15, 0.2) is 0 Å². The van der Waals surface area contributed by atoms with Crippen LogP contribution in [0.3, 0.4) is 0 Å². The number of fused-ring (bicyclic) bond motifs is 7. The molecular weight excluding hydrogens is 471 g/mol. The molecule has 0 saturated heterocycles. The first-order valence-corrected chi connectivity index (χ1v) is 16.3. The van der Waals surface area contributed by atoms with Crippen LogP contribution in [-0.4, -0.2) is 10.3 Å². The second kappa shape index (κ2) is 6.91. The molecule has 4 aromatic rings. The van der Waals surface area contributed by atoms with Gasteiger partial charge in [0.05, 0.1) is 0 Å². The molecule has 1 aliphatic rings. The standard InChI is InChI=1S/C30H34BrP/c1-29(2,3)32(31,30(4,5)6)19-23-17-15-21-11-7-9-13-25(21)27(23)28-24(20-32)18-16-22-12-8-10-14-26(22)28/h7-18H,19-20H2,1-6H3. The summed E-state index contributed by atoms with van der Waals surface area (Å²) in [4.78, 5) is 0. The second-order valence-electron chi connectivity index (χ2n) is 11.7. The van der Waals surface area contributed by atoms with Gasteiger partial charge in [-0.05, 0) is 0 Å². The molecule has 4 aromatic carbocycles.